The van der Waals surface area contributed by atoms with E-state index in [1.807, 2.05) is 0 Å². The number of anilines is 1. The van der Waals surface area contributed by atoms with Crippen LogP contribution < -0.4 is 23.0 Å². The molecule has 6 nitrogen and oxygen atoms in total. The van der Waals surface area contributed by atoms with Crippen molar-refractivity contribution in [3.8, 4) is 0 Å². The van der Waals surface area contributed by atoms with E-state index in [1.54, 1.807) is 24.3 Å². The van der Waals surface area contributed by atoms with Crippen LogP contribution >= 0.6 is 0 Å². The van der Waals surface area contributed by atoms with Crippen molar-refractivity contribution >= 4 is 18.3 Å². The van der Waals surface area contributed by atoms with Crippen LogP contribution in [0.2, 0.25) is 0 Å². The molecule has 0 fully saturated rings. The van der Waals surface area contributed by atoms with Crippen molar-refractivity contribution in [1.29, 1.82) is 0 Å². The van der Waals surface area contributed by atoms with Crippen LogP contribution in [-0.2, 0) is 9.51 Å². The van der Waals surface area contributed by atoms with Gasteiger partial charge in [0.15, 0.2) is 0 Å². The fraction of sp³-hybridized carbons (Fsp3) is 0. The van der Waals surface area contributed by atoms with Crippen LogP contribution in [0.1, 0.15) is 0 Å². The predicted molar refractivity (Wildman–Crippen MR) is 50.4 cm³/mol. The van der Waals surface area contributed by atoms with Gasteiger partial charge in [-0.15, -0.1) is 0 Å². The first-order chi connectivity index (χ1) is 5.79. The second-order valence-electron chi connectivity index (χ2n) is 2.23. The third kappa shape index (κ3) is 2.69. The van der Waals surface area contributed by atoms with E-state index in [0.717, 1.165) is 0 Å². The molecule has 1 rings (SSSR count). The zero-order valence-electron chi connectivity index (χ0n) is 6.94. The first kappa shape index (κ1) is 11.9. The van der Waals surface area contributed by atoms with Crippen molar-refractivity contribution in [2.24, 2.45) is 11.8 Å². The second kappa shape index (κ2) is 5.52. The molecule has 0 aliphatic rings. The molecule has 0 saturated heterocycles. The summed E-state index contributed by atoms with van der Waals surface area (Å²) < 4.78 is 8.88. The van der Waals surface area contributed by atoms with Crippen molar-refractivity contribution in [2.75, 3.05) is 5.73 Å². The lowest BCUT2D eigenvalue weighted by molar-refractivity contribution is 0.216. The second-order valence-corrected chi connectivity index (χ2v) is 2.23. The summed E-state index contributed by atoms with van der Waals surface area (Å²) >= 11 is 0. The summed E-state index contributed by atoms with van der Waals surface area (Å²) in [6.45, 7) is 0. The number of benzene rings is 1. The molecule has 0 aliphatic heterocycles. The van der Waals surface area contributed by atoms with Crippen molar-refractivity contribution in [2.45, 2.75) is 0 Å². The zero-order chi connectivity index (χ0) is 8.97. The molecule has 0 bridgehead atoms. The van der Waals surface area contributed by atoms with E-state index in [4.69, 9.17) is 17.5 Å². The summed E-state index contributed by atoms with van der Waals surface area (Å²) in [4.78, 5) is 0. The smallest absolute Gasteiger partial charge is 0.412 e. The average molecular weight is 185 g/mol. The summed E-state index contributed by atoms with van der Waals surface area (Å²) in [5, 5.41) is 0. The standard InChI is InChI=1S/C6H10BN3O2.H2O/c8-6-4-2-1-3-5(6)7(11-9)12-10;/h1-4H,8-10H2;1H2. The Morgan fingerprint density at radius 2 is 1.62 bits per heavy atom. The Balaban J connectivity index is 0.00000144. The van der Waals surface area contributed by atoms with Crippen LogP contribution in [0.25, 0.3) is 0 Å². The fourth-order valence-corrected chi connectivity index (χ4v) is 0.904. The number of nitrogen functional groups attached to an aromatic ring is 1. The van der Waals surface area contributed by atoms with Gasteiger partial charge in [-0.1, -0.05) is 18.2 Å². The highest BCUT2D eigenvalue weighted by Crippen LogP contribution is 1.98. The van der Waals surface area contributed by atoms with Crippen LogP contribution in [0.15, 0.2) is 24.3 Å². The summed E-state index contributed by atoms with van der Waals surface area (Å²) in [5.41, 5.74) is 6.74. The Kier molecular flexibility index (Phi) is 5.04. The van der Waals surface area contributed by atoms with Crippen LogP contribution in [0.3, 0.4) is 0 Å². The van der Waals surface area contributed by atoms with Gasteiger partial charge in [0.2, 0.25) is 0 Å². The van der Waals surface area contributed by atoms with Crippen molar-refractivity contribution < 1.29 is 15.0 Å². The molecule has 7 heteroatoms. The highest BCUT2D eigenvalue weighted by atomic mass is 16.7. The van der Waals surface area contributed by atoms with Gasteiger partial charge in [0.25, 0.3) is 0 Å². The Labute approximate surface area is 76.0 Å². The van der Waals surface area contributed by atoms with Crippen LogP contribution in [0.5, 0.6) is 0 Å². The molecule has 0 aromatic heterocycles. The molecule has 72 valence electrons. The van der Waals surface area contributed by atoms with E-state index < -0.39 is 7.12 Å². The van der Waals surface area contributed by atoms with Gasteiger partial charge in [0.05, 0.1) is 0 Å². The van der Waals surface area contributed by atoms with Crippen LogP contribution in [0.4, 0.5) is 5.69 Å². The summed E-state index contributed by atoms with van der Waals surface area (Å²) in [6, 6.07) is 7.01. The monoisotopic (exact) mass is 185 g/mol. The normalized spacial score (nSPS) is 9.08. The number of hydrogen-bond donors (Lipinski definition) is 3. The number of para-hydroxylation sites is 1. The lowest BCUT2D eigenvalue weighted by atomic mass is 9.78. The van der Waals surface area contributed by atoms with E-state index >= 15 is 0 Å². The lowest BCUT2D eigenvalue weighted by Gasteiger charge is -2.08. The molecule has 0 aliphatic carbocycles. The van der Waals surface area contributed by atoms with Gasteiger partial charge >= 0.3 is 7.12 Å². The van der Waals surface area contributed by atoms with Gasteiger partial charge in [-0.2, -0.15) is 0 Å². The minimum absolute atomic E-state index is 0. The quantitative estimate of drug-likeness (QED) is 0.282. The molecule has 1 aromatic rings. The van der Waals surface area contributed by atoms with E-state index in [-0.39, 0.29) is 5.48 Å². The highest BCUT2D eigenvalue weighted by Gasteiger charge is 2.21. The molecule has 1 aromatic carbocycles. The Morgan fingerprint density at radius 1 is 1.08 bits per heavy atom. The molecule has 13 heavy (non-hydrogen) atoms. The Hall–Kier alpha value is -1.12. The number of rotatable bonds is 3. The molecular formula is C6H12BN3O3. The maximum Gasteiger partial charge on any atom is 0.530 e. The van der Waals surface area contributed by atoms with Crippen molar-refractivity contribution in [3.63, 3.8) is 0 Å². The number of nitrogens with two attached hydrogens (primary N) is 3. The zero-order valence-corrected chi connectivity index (χ0v) is 6.94. The summed E-state index contributed by atoms with van der Waals surface area (Å²) in [6.07, 6.45) is 0. The van der Waals surface area contributed by atoms with E-state index in [0.29, 0.717) is 11.2 Å². The topological polar surface area (TPSA) is 128 Å². The largest absolute Gasteiger partial charge is 0.530 e. The average Bonchev–Trinajstić information content (AvgIpc) is 2.10. The first-order valence-corrected chi connectivity index (χ1v) is 3.35. The Bertz CT molecular complexity index is 257. The molecule has 0 spiro atoms. The van der Waals surface area contributed by atoms with Crippen LogP contribution in [0, 0.1) is 0 Å². The fourth-order valence-electron chi connectivity index (χ4n) is 0.904. The van der Waals surface area contributed by atoms with Gasteiger partial charge in [-0.25, -0.2) is 11.8 Å². The Morgan fingerprint density at radius 3 is 2.08 bits per heavy atom. The minimum atomic E-state index is -0.814. The third-order valence-electron chi connectivity index (χ3n) is 1.50. The van der Waals surface area contributed by atoms with E-state index in [1.165, 1.54) is 0 Å². The van der Waals surface area contributed by atoms with Crippen molar-refractivity contribution in [3.05, 3.63) is 24.3 Å². The van der Waals surface area contributed by atoms with Gasteiger partial charge in [-0.05, 0) is 6.07 Å². The first-order valence-electron chi connectivity index (χ1n) is 3.35. The summed E-state index contributed by atoms with van der Waals surface area (Å²) in [5.74, 6) is 9.85. The molecule has 8 N–H and O–H groups in total. The van der Waals surface area contributed by atoms with Gasteiger partial charge in [0, 0.05) is 11.2 Å². The predicted octanol–water partition coefficient (Wildman–Crippen LogP) is -2.08. The van der Waals surface area contributed by atoms with Gasteiger partial charge < -0.3 is 20.7 Å². The van der Waals surface area contributed by atoms with E-state index in [2.05, 4.69) is 9.51 Å². The maximum absolute atomic E-state index is 5.60. The highest BCUT2D eigenvalue weighted by molar-refractivity contribution is 6.62. The molecular weight excluding hydrogens is 173 g/mol. The van der Waals surface area contributed by atoms with Gasteiger partial charge in [-0.3, -0.25) is 0 Å². The molecule has 0 atom stereocenters. The number of hydrogen-bond acceptors (Lipinski definition) is 5. The summed E-state index contributed by atoms with van der Waals surface area (Å²) in [7, 11) is -0.814. The van der Waals surface area contributed by atoms with Crippen LogP contribution in [-0.4, -0.2) is 12.6 Å². The molecule has 0 saturated carbocycles. The molecule has 0 amide bonds. The minimum Gasteiger partial charge on any atom is -0.412 e. The molecule has 0 heterocycles. The SMILES string of the molecule is NOB(ON)c1ccccc1N.O. The lowest BCUT2D eigenvalue weighted by Crippen LogP contribution is -2.42. The molecule has 0 unspecified atom stereocenters. The maximum atomic E-state index is 5.60. The third-order valence-corrected chi connectivity index (χ3v) is 1.50. The van der Waals surface area contributed by atoms with Gasteiger partial charge in [0.1, 0.15) is 0 Å². The molecule has 0 radical (unpaired) electrons. The van der Waals surface area contributed by atoms with Crippen molar-refractivity contribution in [1.82, 2.24) is 0 Å². The van der Waals surface area contributed by atoms with E-state index in [9.17, 15) is 0 Å².